The Balaban J connectivity index is 1.89. The number of rotatable bonds is 2. The Bertz CT molecular complexity index is 769. The lowest BCUT2D eigenvalue weighted by Crippen LogP contribution is -2.41. The molecule has 0 radical (unpaired) electrons. The average Bonchev–Trinajstić information content (AvgIpc) is 2.75. The van der Waals surface area contributed by atoms with Gasteiger partial charge in [0.15, 0.2) is 0 Å². The van der Waals surface area contributed by atoms with E-state index in [1.807, 2.05) is 27.7 Å². The van der Waals surface area contributed by atoms with Crippen LogP contribution in [0, 0.1) is 0 Å². The number of pyridine rings is 1. The van der Waals surface area contributed by atoms with Gasteiger partial charge in [0, 0.05) is 17.8 Å². The van der Waals surface area contributed by atoms with Crippen molar-refractivity contribution in [2.45, 2.75) is 57.7 Å². The van der Waals surface area contributed by atoms with Crippen molar-refractivity contribution in [3.8, 4) is 0 Å². The molecule has 1 aromatic rings. The van der Waals surface area contributed by atoms with E-state index in [0.29, 0.717) is 13.0 Å². The highest BCUT2D eigenvalue weighted by molar-refractivity contribution is 6.54. The van der Waals surface area contributed by atoms with E-state index in [2.05, 4.69) is 0 Å². The zero-order chi connectivity index (χ0) is 19.3. The minimum absolute atomic E-state index is 0.246. The predicted molar refractivity (Wildman–Crippen MR) is 89.5 cm³/mol. The number of alkyl halides is 3. The van der Waals surface area contributed by atoms with Crippen molar-refractivity contribution in [3.05, 3.63) is 45.8 Å². The third-order valence-corrected chi connectivity index (χ3v) is 5.15. The highest BCUT2D eigenvalue weighted by Crippen LogP contribution is 2.40. The first-order valence-electron chi connectivity index (χ1n) is 8.38. The van der Waals surface area contributed by atoms with Crippen molar-refractivity contribution in [2.75, 3.05) is 6.61 Å². The summed E-state index contributed by atoms with van der Waals surface area (Å²) in [5.74, 6) is 0. The molecule has 0 saturated carbocycles. The predicted octanol–water partition coefficient (Wildman–Crippen LogP) is 3.34. The van der Waals surface area contributed by atoms with Crippen molar-refractivity contribution < 1.29 is 27.2 Å². The lowest BCUT2D eigenvalue weighted by atomic mass is 9.74. The first-order chi connectivity index (χ1) is 11.9. The van der Waals surface area contributed by atoms with E-state index in [4.69, 9.17) is 14.0 Å². The van der Waals surface area contributed by atoms with Gasteiger partial charge in [-0.3, -0.25) is 4.79 Å². The average molecular weight is 371 g/mol. The van der Waals surface area contributed by atoms with Crippen LogP contribution in [-0.2, 0) is 20.3 Å². The zero-order valence-corrected chi connectivity index (χ0v) is 15.1. The Hall–Kier alpha value is -1.58. The van der Waals surface area contributed by atoms with Gasteiger partial charge in [0.05, 0.1) is 17.8 Å². The van der Waals surface area contributed by atoms with Crippen LogP contribution in [0.4, 0.5) is 13.2 Å². The monoisotopic (exact) mass is 371 g/mol. The van der Waals surface area contributed by atoms with Gasteiger partial charge >= 0.3 is 13.4 Å². The topological polar surface area (TPSA) is 49.7 Å². The Morgan fingerprint density at radius 3 is 2.35 bits per heavy atom. The van der Waals surface area contributed by atoms with E-state index >= 15 is 0 Å². The van der Waals surface area contributed by atoms with Crippen molar-refractivity contribution in [3.63, 3.8) is 0 Å². The normalized spacial score (nSPS) is 25.3. The lowest BCUT2D eigenvalue weighted by molar-refractivity contribution is -0.206. The van der Waals surface area contributed by atoms with E-state index in [1.54, 1.807) is 6.08 Å². The highest BCUT2D eigenvalue weighted by atomic mass is 19.4. The molecule has 1 unspecified atom stereocenters. The second-order valence-corrected chi connectivity index (χ2v) is 7.51. The van der Waals surface area contributed by atoms with Gasteiger partial charge in [0.1, 0.15) is 6.10 Å². The Morgan fingerprint density at radius 1 is 1.15 bits per heavy atom. The summed E-state index contributed by atoms with van der Waals surface area (Å²) in [4.78, 5) is 11.5. The molecule has 0 spiro atoms. The Kier molecular flexibility index (Phi) is 4.61. The maximum atomic E-state index is 13.0. The molecule has 0 N–H and O–H groups in total. The second kappa shape index (κ2) is 6.25. The molecule has 0 aromatic carbocycles. The van der Waals surface area contributed by atoms with Crippen LogP contribution in [0.25, 0.3) is 0 Å². The second-order valence-electron chi connectivity index (χ2n) is 7.51. The molecule has 1 fully saturated rings. The van der Waals surface area contributed by atoms with Crippen LogP contribution < -0.4 is 5.56 Å². The molecule has 26 heavy (non-hydrogen) atoms. The maximum absolute atomic E-state index is 13.0. The van der Waals surface area contributed by atoms with Gasteiger partial charge in [-0.1, -0.05) is 6.08 Å². The van der Waals surface area contributed by atoms with Gasteiger partial charge < -0.3 is 14.0 Å². The molecule has 0 bridgehead atoms. The number of ether oxygens (including phenoxy) is 1. The van der Waals surface area contributed by atoms with E-state index in [1.165, 1.54) is 6.07 Å². The third-order valence-electron chi connectivity index (χ3n) is 5.15. The van der Waals surface area contributed by atoms with Crippen molar-refractivity contribution in [1.82, 2.24) is 4.57 Å². The first kappa shape index (κ1) is 19.2. The van der Waals surface area contributed by atoms with Crippen molar-refractivity contribution in [2.24, 2.45) is 0 Å². The van der Waals surface area contributed by atoms with Gasteiger partial charge in [0.25, 0.3) is 5.56 Å². The van der Waals surface area contributed by atoms with E-state index in [9.17, 15) is 18.0 Å². The van der Waals surface area contributed by atoms with Crippen LogP contribution in [-0.4, -0.2) is 29.5 Å². The molecule has 2 aliphatic heterocycles. The molecule has 0 amide bonds. The zero-order valence-electron chi connectivity index (χ0n) is 15.1. The van der Waals surface area contributed by atoms with Gasteiger partial charge in [0.2, 0.25) is 0 Å². The Labute approximate surface area is 149 Å². The number of halogens is 3. The number of hydrogen-bond donors (Lipinski definition) is 0. The first-order valence-corrected chi connectivity index (χ1v) is 8.38. The van der Waals surface area contributed by atoms with Gasteiger partial charge in [-0.25, -0.2) is 4.57 Å². The molecule has 5 nitrogen and oxygen atoms in total. The molecule has 3 rings (SSSR count). The van der Waals surface area contributed by atoms with Gasteiger partial charge in [-0.05, 0) is 45.7 Å². The lowest BCUT2D eigenvalue weighted by Gasteiger charge is -2.32. The van der Waals surface area contributed by atoms with Crippen LogP contribution >= 0.6 is 0 Å². The largest absolute Gasteiger partial charge is 0.491 e. The fraction of sp³-hybridized carbons (Fsp3) is 0.588. The molecule has 2 aliphatic rings. The van der Waals surface area contributed by atoms with Gasteiger partial charge in [-0.2, -0.15) is 0 Å². The molecule has 0 aliphatic carbocycles. The summed E-state index contributed by atoms with van der Waals surface area (Å²) in [7, 11) is -0.570. The van der Waals surface area contributed by atoms with Crippen LogP contribution in [0.1, 0.15) is 45.8 Å². The van der Waals surface area contributed by atoms with Gasteiger partial charge in [-0.15, -0.1) is 13.2 Å². The summed E-state index contributed by atoms with van der Waals surface area (Å²) >= 11 is 0. The summed E-state index contributed by atoms with van der Waals surface area (Å²) in [6, 6.07) is 2.24. The van der Waals surface area contributed by atoms with E-state index < -0.39 is 36.3 Å². The number of hydrogen-bond acceptors (Lipinski definition) is 4. The van der Waals surface area contributed by atoms with Crippen LogP contribution in [0.5, 0.6) is 0 Å². The fourth-order valence-corrected chi connectivity index (χ4v) is 2.88. The molecular formula is C17H21BF3NO4. The third kappa shape index (κ3) is 3.48. The van der Waals surface area contributed by atoms with Crippen LogP contribution in [0.15, 0.2) is 34.7 Å². The van der Waals surface area contributed by atoms with Crippen molar-refractivity contribution in [1.29, 1.82) is 0 Å². The molecule has 3 heterocycles. The SMILES string of the molecule is CC1(C)OB(C2=CC(c3ccc(=O)n(C(F)(F)F)c3)OCC2)OC1(C)C. The molecule has 9 heteroatoms. The number of aromatic nitrogens is 1. The maximum Gasteiger partial charge on any atom is 0.491 e. The quantitative estimate of drug-likeness (QED) is 0.749. The molecule has 1 aromatic heterocycles. The molecule has 1 atom stereocenters. The van der Waals surface area contributed by atoms with Crippen LogP contribution in [0.3, 0.4) is 0 Å². The summed E-state index contributed by atoms with van der Waals surface area (Å²) in [5.41, 5.74) is -1.07. The summed E-state index contributed by atoms with van der Waals surface area (Å²) in [6.45, 7) is 8.06. The molecule has 1 saturated heterocycles. The fourth-order valence-electron chi connectivity index (χ4n) is 2.88. The highest BCUT2D eigenvalue weighted by Gasteiger charge is 2.52. The van der Waals surface area contributed by atoms with E-state index in [-0.39, 0.29) is 10.1 Å². The molecular weight excluding hydrogens is 350 g/mol. The van der Waals surface area contributed by atoms with Crippen LogP contribution in [0.2, 0.25) is 0 Å². The molecule has 142 valence electrons. The summed E-state index contributed by atoms with van der Waals surface area (Å²) in [5, 5.41) is 0. The smallest absolute Gasteiger partial charge is 0.400 e. The minimum Gasteiger partial charge on any atom is -0.400 e. The number of nitrogens with zero attached hydrogens (tertiary/aromatic N) is 1. The van der Waals surface area contributed by atoms with Crippen molar-refractivity contribution >= 4 is 7.12 Å². The standard InChI is InChI=1S/C17H21BF3NO4/c1-15(2)16(3,4)26-18(25-15)12-7-8-24-13(9-12)11-5-6-14(23)22(10-11)17(19,20)21/h5-6,9-10,13H,7-8H2,1-4H3. The van der Waals surface area contributed by atoms with E-state index in [0.717, 1.165) is 17.7 Å². The summed E-state index contributed by atoms with van der Waals surface area (Å²) in [6.07, 6.45) is -2.43. The summed E-state index contributed by atoms with van der Waals surface area (Å²) < 4.78 is 56.2. The minimum atomic E-state index is -4.78. The Morgan fingerprint density at radius 2 is 1.77 bits per heavy atom.